The summed E-state index contributed by atoms with van der Waals surface area (Å²) in [5.41, 5.74) is 3.49. The van der Waals surface area contributed by atoms with E-state index in [1.807, 2.05) is 32.0 Å². The summed E-state index contributed by atoms with van der Waals surface area (Å²) in [6.45, 7) is 5.63. The van der Waals surface area contributed by atoms with Gasteiger partial charge in [0, 0.05) is 17.3 Å². The van der Waals surface area contributed by atoms with Crippen molar-refractivity contribution in [3.63, 3.8) is 0 Å². The second-order valence-electron chi connectivity index (χ2n) is 7.13. The van der Waals surface area contributed by atoms with Gasteiger partial charge in [0.05, 0.1) is 5.69 Å². The van der Waals surface area contributed by atoms with Crippen molar-refractivity contribution in [2.24, 2.45) is 5.92 Å². The second kappa shape index (κ2) is 7.78. The van der Waals surface area contributed by atoms with E-state index in [2.05, 4.69) is 16.0 Å². The molecule has 1 atom stereocenters. The number of anilines is 3. The number of nitrogens with one attached hydrogen (secondary N) is 3. The molecule has 0 saturated heterocycles. The van der Waals surface area contributed by atoms with Gasteiger partial charge in [0.1, 0.15) is 11.9 Å². The van der Waals surface area contributed by atoms with Crippen molar-refractivity contribution >= 4 is 28.9 Å². The second-order valence-corrected chi connectivity index (χ2v) is 7.13. The largest absolute Gasteiger partial charge is 0.374 e. The Morgan fingerprint density at radius 3 is 2.48 bits per heavy atom. The van der Waals surface area contributed by atoms with Gasteiger partial charge in [-0.1, -0.05) is 12.1 Å². The van der Waals surface area contributed by atoms with Crippen LogP contribution >= 0.6 is 0 Å². The number of hydrogen-bond acceptors (Lipinski definition) is 3. The summed E-state index contributed by atoms with van der Waals surface area (Å²) in [6.07, 6.45) is 1.70. The lowest BCUT2D eigenvalue weighted by molar-refractivity contribution is -0.117. The van der Waals surface area contributed by atoms with Gasteiger partial charge in [0.15, 0.2) is 0 Å². The normalized spacial score (nSPS) is 14.4. The molecule has 142 valence electrons. The molecule has 2 amide bonds. The fraction of sp³-hybridized carbons (Fsp3) is 0.333. The standard InChI is InChI=1S/C21H24FN3O2/c1-12-4-5-13(2)18(10-12)24-20(26)14(3)23-16-8-9-17(22)19(11-16)25-21(27)15-6-7-15/h4-5,8-11,14-15,23H,6-7H2,1-3H3,(H,24,26)(H,25,27)/t14-/m1/s1. The number of amides is 2. The van der Waals surface area contributed by atoms with E-state index >= 15 is 0 Å². The van der Waals surface area contributed by atoms with Gasteiger partial charge in [-0.05, 0) is 69.0 Å². The molecule has 0 radical (unpaired) electrons. The SMILES string of the molecule is Cc1ccc(C)c(NC(=O)[C@@H](C)Nc2ccc(F)c(NC(=O)C3CC3)c2)c1. The van der Waals surface area contributed by atoms with E-state index in [0.717, 1.165) is 29.7 Å². The average Bonchev–Trinajstić information content (AvgIpc) is 3.46. The van der Waals surface area contributed by atoms with Crippen LogP contribution in [0.15, 0.2) is 36.4 Å². The number of halogens is 1. The van der Waals surface area contributed by atoms with Crippen molar-refractivity contribution in [2.75, 3.05) is 16.0 Å². The highest BCUT2D eigenvalue weighted by molar-refractivity contribution is 5.97. The van der Waals surface area contributed by atoms with Crippen molar-refractivity contribution in [2.45, 2.75) is 39.7 Å². The van der Waals surface area contributed by atoms with Gasteiger partial charge >= 0.3 is 0 Å². The lowest BCUT2D eigenvalue weighted by Crippen LogP contribution is -2.32. The first kappa shape index (κ1) is 18.9. The number of carbonyl (C=O) groups is 2. The van der Waals surface area contributed by atoms with Crippen LogP contribution in [0.3, 0.4) is 0 Å². The molecule has 0 aliphatic heterocycles. The number of aryl methyl sites for hydroxylation is 2. The molecule has 3 rings (SSSR count). The zero-order chi connectivity index (χ0) is 19.6. The highest BCUT2D eigenvalue weighted by atomic mass is 19.1. The number of benzene rings is 2. The molecule has 1 saturated carbocycles. The third kappa shape index (κ3) is 4.84. The van der Waals surface area contributed by atoms with Crippen LogP contribution in [0, 0.1) is 25.6 Å². The fourth-order valence-electron chi connectivity index (χ4n) is 2.72. The first-order valence-corrected chi connectivity index (χ1v) is 9.08. The van der Waals surface area contributed by atoms with Gasteiger partial charge < -0.3 is 16.0 Å². The summed E-state index contributed by atoms with van der Waals surface area (Å²) >= 11 is 0. The van der Waals surface area contributed by atoms with E-state index in [9.17, 15) is 14.0 Å². The van der Waals surface area contributed by atoms with Crippen LogP contribution in [0.5, 0.6) is 0 Å². The average molecular weight is 369 g/mol. The van der Waals surface area contributed by atoms with E-state index in [4.69, 9.17) is 0 Å². The highest BCUT2D eigenvalue weighted by Crippen LogP contribution is 2.31. The van der Waals surface area contributed by atoms with Gasteiger partial charge in [0.25, 0.3) is 0 Å². The maximum absolute atomic E-state index is 14.0. The van der Waals surface area contributed by atoms with Crippen molar-refractivity contribution in [1.29, 1.82) is 0 Å². The van der Waals surface area contributed by atoms with E-state index in [1.54, 1.807) is 13.0 Å². The maximum atomic E-state index is 14.0. The Morgan fingerprint density at radius 2 is 1.78 bits per heavy atom. The molecule has 2 aromatic carbocycles. The number of carbonyl (C=O) groups excluding carboxylic acids is 2. The Balaban J connectivity index is 1.65. The molecule has 3 N–H and O–H groups in total. The molecular formula is C21H24FN3O2. The van der Waals surface area contributed by atoms with Crippen LogP contribution in [-0.4, -0.2) is 17.9 Å². The van der Waals surface area contributed by atoms with Gasteiger partial charge in [-0.3, -0.25) is 9.59 Å². The zero-order valence-corrected chi connectivity index (χ0v) is 15.7. The molecule has 1 aliphatic carbocycles. The van der Waals surface area contributed by atoms with Gasteiger partial charge in [-0.15, -0.1) is 0 Å². The van der Waals surface area contributed by atoms with Crippen molar-refractivity contribution in [3.05, 3.63) is 53.3 Å². The summed E-state index contributed by atoms with van der Waals surface area (Å²) in [5.74, 6) is -0.867. The minimum Gasteiger partial charge on any atom is -0.374 e. The third-order valence-electron chi connectivity index (χ3n) is 4.60. The Kier molecular flexibility index (Phi) is 5.44. The topological polar surface area (TPSA) is 70.2 Å². The molecule has 6 heteroatoms. The van der Waals surface area contributed by atoms with E-state index in [-0.39, 0.29) is 23.4 Å². The Hall–Kier alpha value is -2.89. The van der Waals surface area contributed by atoms with E-state index < -0.39 is 11.9 Å². The van der Waals surface area contributed by atoms with Crippen LogP contribution in [0.25, 0.3) is 0 Å². The molecular weight excluding hydrogens is 345 g/mol. The molecule has 5 nitrogen and oxygen atoms in total. The molecule has 27 heavy (non-hydrogen) atoms. The molecule has 2 aromatic rings. The van der Waals surface area contributed by atoms with Crippen LogP contribution in [0.2, 0.25) is 0 Å². The minimum atomic E-state index is -0.539. The van der Waals surface area contributed by atoms with Crippen LogP contribution in [-0.2, 0) is 9.59 Å². The molecule has 0 spiro atoms. The fourth-order valence-corrected chi connectivity index (χ4v) is 2.72. The Morgan fingerprint density at radius 1 is 1.04 bits per heavy atom. The summed E-state index contributed by atoms with van der Waals surface area (Å²) in [6, 6.07) is 9.66. The summed E-state index contributed by atoms with van der Waals surface area (Å²) in [5, 5.41) is 8.57. The van der Waals surface area contributed by atoms with Gasteiger partial charge in [-0.2, -0.15) is 0 Å². The predicted molar refractivity (Wildman–Crippen MR) is 105 cm³/mol. The highest BCUT2D eigenvalue weighted by Gasteiger charge is 2.30. The summed E-state index contributed by atoms with van der Waals surface area (Å²) < 4.78 is 14.0. The van der Waals surface area contributed by atoms with Gasteiger partial charge in [0.2, 0.25) is 11.8 Å². The Bertz CT molecular complexity index is 878. The predicted octanol–water partition coefficient (Wildman–Crippen LogP) is 4.23. The van der Waals surface area contributed by atoms with E-state index in [1.165, 1.54) is 12.1 Å². The molecule has 0 bridgehead atoms. The molecule has 1 aliphatic rings. The minimum absolute atomic E-state index is 0.0108. The van der Waals surface area contributed by atoms with Gasteiger partial charge in [-0.25, -0.2) is 4.39 Å². The zero-order valence-electron chi connectivity index (χ0n) is 15.7. The maximum Gasteiger partial charge on any atom is 0.246 e. The first-order chi connectivity index (χ1) is 12.8. The van der Waals surface area contributed by atoms with Crippen molar-refractivity contribution < 1.29 is 14.0 Å². The molecule has 0 unspecified atom stereocenters. The lowest BCUT2D eigenvalue weighted by Gasteiger charge is -2.17. The van der Waals surface area contributed by atoms with Crippen LogP contribution in [0.1, 0.15) is 30.9 Å². The van der Waals surface area contributed by atoms with E-state index in [0.29, 0.717) is 5.69 Å². The number of rotatable bonds is 6. The smallest absolute Gasteiger partial charge is 0.246 e. The van der Waals surface area contributed by atoms with Crippen LogP contribution in [0.4, 0.5) is 21.5 Å². The molecule has 0 aromatic heterocycles. The quantitative estimate of drug-likeness (QED) is 0.714. The van der Waals surface area contributed by atoms with Crippen LogP contribution < -0.4 is 16.0 Å². The summed E-state index contributed by atoms with van der Waals surface area (Å²) in [4.78, 5) is 24.4. The summed E-state index contributed by atoms with van der Waals surface area (Å²) in [7, 11) is 0. The Labute approximate surface area is 158 Å². The molecule has 1 fully saturated rings. The number of hydrogen-bond donors (Lipinski definition) is 3. The van der Waals surface area contributed by atoms with Crippen molar-refractivity contribution in [1.82, 2.24) is 0 Å². The monoisotopic (exact) mass is 369 g/mol. The first-order valence-electron chi connectivity index (χ1n) is 9.08. The lowest BCUT2D eigenvalue weighted by atomic mass is 10.1. The van der Waals surface area contributed by atoms with Crippen molar-refractivity contribution in [3.8, 4) is 0 Å². The third-order valence-corrected chi connectivity index (χ3v) is 4.60. The molecule has 0 heterocycles.